The fraction of sp³-hybridized carbons (Fsp3) is 0.667. The van der Waals surface area contributed by atoms with Gasteiger partial charge in [0.2, 0.25) is 0 Å². The molecule has 0 amide bonds. The van der Waals surface area contributed by atoms with Gasteiger partial charge in [-0.3, -0.25) is 0 Å². The number of nitrogens with one attached hydrogen (secondary N) is 1. The molecule has 0 spiro atoms. The van der Waals surface area contributed by atoms with Crippen molar-refractivity contribution in [1.82, 2.24) is 5.32 Å². The first-order chi connectivity index (χ1) is 9.11. The lowest BCUT2D eigenvalue weighted by Crippen LogP contribution is -2.28. The van der Waals surface area contributed by atoms with Gasteiger partial charge in [-0.15, -0.1) is 0 Å². The molecule has 2 atom stereocenters. The Labute approximate surface area is 118 Å². The monoisotopic (exact) mass is 259 g/mol. The molecule has 0 bridgehead atoms. The van der Waals surface area contributed by atoms with Gasteiger partial charge in [-0.05, 0) is 54.7 Å². The average Bonchev–Trinajstić information content (AvgIpc) is 3.19. The highest BCUT2D eigenvalue weighted by Crippen LogP contribution is 2.42. The lowest BCUT2D eigenvalue weighted by molar-refractivity contribution is 0.355. The molecular weight excluding hydrogens is 230 g/mol. The molecule has 0 saturated heterocycles. The fourth-order valence-corrected chi connectivity index (χ4v) is 3.11. The van der Waals surface area contributed by atoms with Gasteiger partial charge < -0.3 is 5.32 Å². The summed E-state index contributed by atoms with van der Waals surface area (Å²) in [5, 5.41) is 3.70. The fourth-order valence-electron chi connectivity index (χ4n) is 3.11. The summed E-state index contributed by atoms with van der Waals surface area (Å²) >= 11 is 0. The zero-order valence-corrected chi connectivity index (χ0v) is 12.9. The highest BCUT2D eigenvalue weighted by molar-refractivity contribution is 5.27. The molecular formula is C18H29N. The third kappa shape index (κ3) is 4.07. The normalized spacial score (nSPS) is 18.6. The van der Waals surface area contributed by atoms with E-state index < -0.39 is 0 Å². The van der Waals surface area contributed by atoms with Crippen molar-refractivity contribution < 1.29 is 0 Å². The summed E-state index contributed by atoms with van der Waals surface area (Å²) in [5.41, 5.74) is 2.97. The van der Waals surface area contributed by atoms with Crippen molar-refractivity contribution in [2.75, 3.05) is 6.54 Å². The summed E-state index contributed by atoms with van der Waals surface area (Å²) < 4.78 is 0. The van der Waals surface area contributed by atoms with Crippen LogP contribution in [0.2, 0.25) is 0 Å². The largest absolute Gasteiger partial charge is 0.310 e. The predicted octanol–water partition coefficient (Wildman–Crippen LogP) is 4.58. The summed E-state index contributed by atoms with van der Waals surface area (Å²) in [5.74, 6) is 2.43. The lowest BCUT2D eigenvalue weighted by Gasteiger charge is -2.26. The first kappa shape index (κ1) is 14.6. The minimum Gasteiger partial charge on any atom is -0.310 e. The van der Waals surface area contributed by atoms with Crippen LogP contribution in [0.3, 0.4) is 0 Å². The molecule has 0 aromatic heterocycles. The van der Waals surface area contributed by atoms with Crippen LogP contribution in [-0.4, -0.2) is 6.54 Å². The maximum absolute atomic E-state index is 3.70. The van der Waals surface area contributed by atoms with E-state index in [-0.39, 0.29) is 0 Å². The van der Waals surface area contributed by atoms with Crippen LogP contribution in [-0.2, 0) is 6.42 Å². The second-order valence-electron chi connectivity index (χ2n) is 6.57. The van der Waals surface area contributed by atoms with Crippen molar-refractivity contribution >= 4 is 0 Å². The minimum atomic E-state index is 0.532. The van der Waals surface area contributed by atoms with Gasteiger partial charge in [0.05, 0.1) is 0 Å². The van der Waals surface area contributed by atoms with Crippen molar-refractivity contribution in [1.29, 1.82) is 0 Å². The SMILES string of the molecule is CCNC(c1cccc(CC(C)C)c1)C(C)C1CC1. The molecule has 1 aromatic carbocycles. The molecule has 1 aromatic rings. The molecule has 1 nitrogen and oxygen atoms in total. The Kier molecular flexibility index (Phi) is 5.04. The van der Waals surface area contributed by atoms with Crippen molar-refractivity contribution in [3.63, 3.8) is 0 Å². The highest BCUT2D eigenvalue weighted by atomic mass is 14.9. The second-order valence-corrected chi connectivity index (χ2v) is 6.57. The van der Waals surface area contributed by atoms with Crippen LogP contribution in [0.15, 0.2) is 24.3 Å². The van der Waals surface area contributed by atoms with E-state index in [1.54, 1.807) is 0 Å². The molecule has 0 heterocycles. The summed E-state index contributed by atoms with van der Waals surface area (Å²) in [6.07, 6.45) is 4.04. The zero-order chi connectivity index (χ0) is 13.8. The van der Waals surface area contributed by atoms with Crippen molar-refractivity contribution in [3.05, 3.63) is 35.4 Å². The number of hydrogen-bond acceptors (Lipinski definition) is 1. The molecule has 2 unspecified atom stereocenters. The third-order valence-corrected chi connectivity index (χ3v) is 4.27. The molecule has 106 valence electrons. The van der Waals surface area contributed by atoms with E-state index in [9.17, 15) is 0 Å². The number of hydrogen-bond donors (Lipinski definition) is 1. The highest BCUT2D eigenvalue weighted by Gasteiger charge is 2.33. The Balaban J connectivity index is 2.15. The van der Waals surface area contributed by atoms with Gasteiger partial charge >= 0.3 is 0 Å². The summed E-state index contributed by atoms with van der Waals surface area (Å²) in [6, 6.07) is 9.76. The smallest absolute Gasteiger partial charge is 0.0348 e. The van der Waals surface area contributed by atoms with Gasteiger partial charge in [0.1, 0.15) is 0 Å². The molecule has 19 heavy (non-hydrogen) atoms. The molecule has 1 aliphatic carbocycles. The van der Waals surface area contributed by atoms with Crippen LogP contribution in [0.5, 0.6) is 0 Å². The molecule has 1 heteroatoms. The van der Waals surface area contributed by atoms with Crippen molar-refractivity contribution in [3.8, 4) is 0 Å². The minimum absolute atomic E-state index is 0.532. The van der Waals surface area contributed by atoms with Crippen molar-refractivity contribution in [2.24, 2.45) is 17.8 Å². The maximum Gasteiger partial charge on any atom is 0.0348 e. The molecule has 1 saturated carbocycles. The van der Waals surface area contributed by atoms with Crippen LogP contribution in [0, 0.1) is 17.8 Å². The van der Waals surface area contributed by atoms with Crippen LogP contribution < -0.4 is 5.32 Å². The Hall–Kier alpha value is -0.820. The van der Waals surface area contributed by atoms with Crippen molar-refractivity contribution in [2.45, 2.75) is 53.0 Å². The van der Waals surface area contributed by atoms with E-state index in [1.807, 2.05) is 0 Å². The van der Waals surface area contributed by atoms with E-state index in [2.05, 4.69) is 57.3 Å². The van der Waals surface area contributed by atoms with Gasteiger partial charge in [0.25, 0.3) is 0 Å². The Morgan fingerprint density at radius 2 is 1.95 bits per heavy atom. The van der Waals surface area contributed by atoms with E-state index in [0.29, 0.717) is 6.04 Å². The van der Waals surface area contributed by atoms with Gasteiger partial charge in [-0.2, -0.15) is 0 Å². The lowest BCUT2D eigenvalue weighted by atomic mass is 9.89. The Morgan fingerprint density at radius 1 is 1.21 bits per heavy atom. The quantitative estimate of drug-likeness (QED) is 0.755. The average molecular weight is 259 g/mol. The molecule has 1 fully saturated rings. The summed E-state index contributed by atoms with van der Waals surface area (Å²) in [7, 11) is 0. The van der Waals surface area contributed by atoms with Crippen LogP contribution in [0.4, 0.5) is 0 Å². The standard InChI is InChI=1S/C18H29N/c1-5-19-18(14(4)16-9-10-16)17-8-6-7-15(12-17)11-13(2)3/h6-8,12-14,16,18-19H,5,9-11H2,1-4H3. The van der Waals surface area contributed by atoms with E-state index in [4.69, 9.17) is 0 Å². The topological polar surface area (TPSA) is 12.0 Å². The van der Waals surface area contributed by atoms with Gasteiger partial charge in [-0.1, -0.05) is 52.0 Å². The molecule has 0 aliphatic heterocycles. The van der Waals surface area contributed by atoms with Gasteiger partial charge in [0, 0.05) is 6.04 Å². The van der Waals surface area contributed by atoms with Crippen LogP contribution in [0.25, 0.3) is 0 Å². The second kappa shape index (κ2) is 6.56. The van der Waals surface area contributed by atoms with E-state index in [1.165, 1.54) is 30.4 Å². The van der Waals surface area contributed by atoms with Crippen LogP contribution in [0.1, 0.15) is 57.7 Å². The van der Waals surface area contributed by atoms with E-state index in [0.717, 1.165) is 24.3 Å². The van der Waals surface area contributed by atoms with Gasteiger partial charge in [-0.25, -0.2) is 0 Å². The van der Waals surface area contributed by atoms with Gasteiger partial charge in [0.15, 0.2) is 0 Å². The van der Waals surface area contributed by atoms with E-state index >= 15 is 0 Å². The molecule has 1 aliphatic rings. The summed E-state index contributed by atoms with van der Waals surface area (Å²) in [4.78, 5) is 0. The first-order valence-electron chi connectivity index (χ1n) is 7.94. The number of benzene rings is 1. The number of rotatable bonds is 7. The molecule has 2 rings (SSSR count). The predicted molar refractivity (Wildman–Crippen MR) is 83.3 cm³/mol. The Morgan fingerprint density at radius 3 is 2.53 bits per heavy atom. The van der Waals surface area contributed by atoms with Crippen LogP contribution >= 0.6 is 0 Å². The third-order valence-electron chi connectivity index (χ3n) is 4.27. The molecule has 1 N–H and O–H groups in total. The Bertz CT molecular complexity index is 392. The maximum atomic E-state index is 3.70. The first-order valence-corrected chi connectivity index (χ1v) is 7.94. The molecule has 0 radical (unpaired) electrons. The zero-order valence-electron chi connectivity index (χ0n) is 12.9. The summed E-state index contributed by atoms with van der Waals surface area (Å²) in [6.45, 7) is 10.3.